The van der Waals surface area contributed by atoms with E-state index in [9.17, 15) is 4.79 Å². The zero-order valence-electron chi connectivity index (χ0n) is 13.1. The Hall–Kier alpha value is -2.49. The molecule has 0 saturated heterocycles. The molecular weight excluding hydrogens is 278 g/mol. The van der Waals surface area contributed by atoms with Crippen molar-refractivity contribution in [3.05, 3.63) is 59.7 Å². The second-order valence-corrected chi connectivity index (χ2v) is 4.90. The molecule has 0 aliphatic heterocycles. The Morgan fingerprint density at radius 3 is 2.45 bits per heavy atom. The van der Waals surface area contributed by atoms with Gasteiger partial charge in [-0.1, -0.05) is 24.3 Å². The van der Waals surface area contributed by atoms with Gasteiger partial charge in [-0.15, -0.1) is 0 Å². The van der Waals surface area contributed by atoms with Crippen molar-refractivity contribution >= 4 is 5.91 Å². The van der Waals surface area contributed by atoms with E-state index in [2.05, 4.69) is 5.32 Å². The molecular formula is C18H21NO3. The van der Waals surface area contributed by atoms with Gasteiger partial charge in [-0.3, -0.25) is 4.79 Å². The summed E-state index contributed by atoms with van der Waals surface area (Å²) in [5.41, 5.74) is 1.56. The van der Waals surface area contributed by atoms with Crippen LogP contribution >= 0.6 is 0 Å². The van der Waals surface area contributed by atoms with Crippen LogP contribution in [-0.2, 0) is 0 Å². The molecule has 4 heteroatoms. The van der Waals surface area contributed by atoms with Gasteiger partial charge in [0.15, 0.2) is 0 Å². The normalized spacial score (nSPS) is 11.6. The predicted octanol–water partition coefficient (Wildman–Crippen LogP) is 3.58. The maximum atomic E-state index is 12.4. The Morgan fingerprint density at radius 1 is 1.14 bits per heavy atom. The lowest BCUT2D eigenvalue weighted by Gasteiger charge is -2.16. The van der Waals surface area contributed by atoms with Crippen molar-refractivity contribution in [1.82, 2.24) is 5.32 Å². The van der Waals surface area contributed by atoms with Crippen molar-refractivity contribution in [2.45, 2.75) is 19.9 Å². The van der Waals surface area contributed by atoms with Crippen molar-refractivity contribution < 1.29 is 14.3 Å². The molecule has 2 rings (SSSR count). The summed E-state index contributed by atoms with van der Waals surface area (Å²) in [6, 6.07) is 14.8. The fourth-order valence-corrected chi connectivity index (χ4v) is 2.19. The monoisotopic (exact) mass is 299 g/mol. The van der Waals surface area contributed by atoms with Gasteiger partial charge in [-0.2, -0.15) is 0 Å². The van der Waals surface area contributed by atoms with Gasteiger partial charge in [0.1, 0.15) is 11.5 Å². The molecule has 1 unspecified atom stereocenters. The molecule has 0 fully saturated rings. The summed E-state index contributed by atoms with van der Waals surface area (Å²) in [5.74, 6) is 1.25. The largest absolute Gasteiger partial charge is 0.497 e. The minimum atomic E-state index is -0.146. The van der Waals surface area contributed by atoms with Gasteiger partial charge in [0.25, 0.3) is 5.91 Å². The van der Waals surface area contributed by atoms with E-state index in [4.69, 9.17) is 9.47 Å². The number of methoxy groups -OCH3 is 1. The molecule has 1 amide bonds. The number of para-hydroxylation sites is 1. The minimum Gasteiger partial charge on any atom is -0.497 e. The molecule has 1 atom stereocenters. The highest BCUT2D eigenvalue weighted by atomic mass is 16.5. The molecule has 0 spiro atoms. The summed E-state index contributed by atoms with van der Waals surface area (Å²) in [6.45, 7) is 4.37. The molecule has 0 heterocycles. The Morgan fingerprint density at radius 2 is 1.82 bits per heavy atom. The van der Waals surface area contributed by atoms with Gasteiger partial charge in [0.2, 0.25) is 0 Å². The van der Waals surface area contributed by atoms with Gasteiger partial charge >= 0.3 is 0 Å². The molecule has 0 bridgehead atoms. The Kier molecular flexibility index (Phi) is 5.42. The highest BCUT2D eigenvalue weighted by molar-refractivity contribution is 5.97. The maximum Gasteiger partial charge on any atom is 0.255 e. The number of rotatable bonds is 6. The van der Waals surface area contributed by atoms with Crippen molar-refractivity contribution in [2.75, 3.05) is 13.7 Å². The van der Waals surface area contributed by atoms with Gasteiger partial charge in [-0.25, -0.2) is 0 Å². The second-order valence-electron chi connectivity index (χ2n) is 4.90. The molecule has 0 aliphatic carbocycles. The minimum absolute atomic E-state index is 0.104. The van der Waals surface area contributed by atoms with Gasteiger partial charge in [0.05, 0.1) is 25.3 Å². The van der Waals surface area contributed by atoms with E-state index in [1.54, 1.807) is 19.2 Å². The van der Waals surface area contributed by atoms with Crippen LogP contribution in [0.2, 0.25) is 0 Å². The average Bonchev–Trinajstić information content (AvgIpc) is 2.55. The first-order chi connectivity index (χ1) is 10.7. The van der Waals surface area contributed by atoms with Crippen LogP contribution in [0.4, 0.5) is 0 Å². The summed E-state index contributed by atoms with van der Waals surface area (Å²) in [5, 5.41) is 2.99. The molecule has 1 N–H and O–H groups in total. The van der Waals surface area contributed by atoms with Crippen LogP contribution < -0.4 is 14.8 Å². The highest BCUT2D eigenvalue weighted by Crippen LogP contribution is 2.21. The van der Waals surface area contributed by atoms with Gasteiger partial charge in [0, 0.05) is 0 Å². The first kappa shape index (κ1) is 15.9. The first-order valence-electron chi connectivity index (χ1n) is 7.32. The van der Waals surface area contributed by atoms with Crippen molar-refractivity contribution in [2.24, 2.45) is 0 Å². The van der Waals surface area contributed by atoms with Crippen LogP contribution in [0.15, 0.2) is 48.5 Å². The maximum absolute atomic E-state index is 12.4. The molecule has 0 aromatic heterocycles. The number of hydrogen-bond donors (Lipinski definition) is 1. The topological polar surface area (TPSA) is 47.6 Å². The summed E-state index contributed by atoms with van der Waals surface area (Å²) in [6.07, 6.45) is 0. The number of carbonyl (C=O) groups is 1. The third-order valence-corrected chi connectivity index (χ3v) is 3.39. The zero-order chi connectivity index (χ0) is 15.9. The van der Waals surface area contributed by atoms with E-state index in [0.717, 1.165) is 11.3 Å². The Balaban J connectivity index is 2.10. The summed E-state index contributed by atoms with van der Waals surface area (Å²) in [7, 11) is 1.63. The zero-order valence-corrected chi connectivity index (χ0v) is 13.1. The standard InChI is InChI=1S/C18H21NO3/c1-4-22-17-8-6-5-7-16(17)18(20)19-13(2)14-9-11-15(21-3)12-10-14/h5-13H,4H2,1-3H3,(H,19,20). The van der Waals surface area contributed by atoms with E-state index in [1.165, 1.54) is 0 Å². The number of hydrogen-bond acceptors (Lipinski definition) is 3. The van der Waals surface area contributed by atoms with E-state index >= 15 is 0 Å². The van der Waals surface area contributed by atoms with Crippen LogP contribution in [0, 0.1) is 0 Å². The predicted molar refractivity (Wildman–Crippen MR) is 86.5 cm³/mol. The molecule has 2 aromatic carbocycles. The number of ether oxygens (including phenoxy) is 2. The van der Waals surface area contributed by atoms with Crippen LogP contribution in [-0.4, -0.2) is 19.6 Å². The lowest BCUT2D eigenvalue weighted by molar-refractivity contribution is 0.0936. The third-order valence-electron chi connectivity index (χ3n) is 3.39. The van der Waals surface area contributed by atoms with E-state index in [1.807, 2.05) is 50.2 Å². The van der Waals surface area contributed by atoms with Crippen molar-refractivity contribution in [3.63, 3.8) is 0 Å². The fourth-order valence-electron chi connectivity index (χ4n) is 2.19. The van der Waals surface area contributed by atoms with Gasteiger partial charge < -0.3 is 14.8 Å². The second kappa shape index (κ2) is 7.50. The molecule has 0 saturated carbocycles. The van der Waals surface area contributed by atoms with Crippen LogP contribution in [0.25, 0.3) is 0 Å². The smallest absolute Gasteiger partial charge is 0.255 e. The molecule has 2 aromatic rings. The summed E-state index contributed by atoms with van der Waals surface area (Å²) >= 11 is 0. The Labute approximate surface area is 131 Å². The lowest BCUT2D eigenvalue weighted by atomic mass is 10.1. The fraction of sp³-hybridized carbons (Fsp3) is 0.278. The van der Waals surface area contributed by atoms with E-state index < -0.39 is 0 Å². The molecule has 22 heavy (non-hydrogen) atoms. The number of nitrogens with one attached hydrogen (secondary N) is 1. The third kappa shape index (κ3) is 3.79. The number of benzene rings is 2. The summed E-state index contributed by atoms with van der Waals surface area (Å²) < 4.78 is 10.6. The van der Waals surface area contributed by atoms with Crippen molar-refractivity contribution in [3.8, 4) is 11.5 Å². The van der Waals surface area contributed by atoms with E-state index in [0.29, 0.717) is 17.9 Å². The number of amides is 1. The highest BCUT2D eigenvalue weighted by Gasteiger charge is 2.15. The Bertz CT molecular complexity index is 622. The summed E-state index contributed by atoms with van der Waals surface area (Å²) in [4.78, 5) is 12.4. The molecule has 0 aliphatic rings. The first-order valence-corrected chi connectivity index (χ1v) is 7.32. The molecule has 4 nitrogen and oxygen atoms in total. The van der Waals surface area contributed by atoms with E-state index in [-0.39, 0.29) is 11.9 Å². The van der Waals surface area contributed by atoms with Crippen LogP contribution in [0.3, 0.4) is 0 Å². The molecule has 116 valence electrons. The van der Waals surface area contributed by atoms with Crippen molar-refractivity contribution in [1.29, 1.82) is 0 Å². The number of carbonyl (C=O) groups excluding carboxylic acids is 1. The van der Waals surface area contributed by atoms with Gasteiger partial charge in [-0.05, 0) is 43.7 Å². The average molecular weight is 299 g/mol. The lowest BCUT2D eigenvalue weighted by Crippen LogP contribution is -2.27. The molecule has 0 radical (unpaired) electrons. The SMILES string of the molecule is CCOc1ccccc1C(=O)NC(C)c1ccc(OC)cc1. The van der Waals surface area contributed by atoms with Crippen LogP contribution in [0.1, 0.15) is 35.8 Å². The quantitative estimate of drug-likeness (QED) is 0.887. The van der Waals surface area contributed by atoms with Crippen LogP contribution in [0.5, 0.6) is 11.5 Å².